The fraction of sp³-hybridized carbons (Fsp3) is 0.500. The number of nitrogens with one attached hydrogen (secondary N) is 2. The number of aromatic amines is 1. The molecule has 1 aliphatic heterocycles. The summed E-state index contributed by atoms with van der Waals surface area (Å²) in [5.41, 5.74) is 0.0792. The summed E-state index contributed by atoms with van der Waals surface area (Å²) in [6.07, 6.45) is 2.19. The molecule has 0 bridgehead atoms. The Labute approximate surface area is 122 Å². The molecule has 1 aromatic heterocycles. The number of nitrogens with zero attached hydrogens (tertiary/aromatic N) is 1. The molecule has 114 valence electrons. The van der Waals surface area contributed by atoms with E-state index in [4.69, 9.17) is 4.74 Å². The summed E-state index contributed by atoms with van der Waals surface area (Å²) in [4.78, 5) is 39.6. The minimum Gasteiger partial charge on any atom is -0.377 e. The summed E-state index contributed by atoms with van der Waals surface area (Å²) in [7, 11) is 0. The van der Waals surface area contributed by atoms with E-state index in [-0.39, 0.29) is 24.0 Å². The number of aromatic nitrogens is 1. The fourth-order valence-corrected chi connectivity index (χ4v) is 2.14. The van der Waals surface area contributed by atoms with Crippen molar-refractivity contribution in [2.45, 2.75) is 19.4 Å². The molecule has 1 aliphatic rings. The second kappa shape index (κ2) is 7.03. The van der Waals surface area contributed by atoms with Gasteiger partial charge in [-0.1, -0.05) is 6.92 Å². The average Bonchev–Trinajstić information content (AvgIpc) is 2.52. The van der Waals surface area contributed by atoms with Crippen LogP contribution < -0.4 is 10.9 Å². The Morgan fingerprint density at radius 2 is 2.29 bits per heavy atom. The largest absolute Gasteiger partial charge is 0.377 e. The summed E-state index contributed by atoms with van der Waals surface area (Å²) in [5.74, 6) is -0.500. The second-order valence-electron chi connectivity index (χ2n) is 4.82. The molecule has 1 unspecified atom stereocenters. The molecule has 7 heteroatoms. The van der Waals surface area contributed by atoms with Gasteiger partial charge in [0.05, 0.1) is 18.8 Å². The van der Waals surface area contributed by atoms with E-state index < -0.39 is 6.04 Å². The van der Waals surface area contributed by atoms with E-state index in [1.54, 1.807) is 0 Å². The first-order valence-corrected chi connectivity index (χ1v) is 6.98. The monoisotopic (exact) mass is 293 g/mol. The Kier molecular flexibility index (Phi) is 5.10. The van der Waals surface area contributed by atoms with Crippen LogP contribution in [0.3, 0.4) is 0 Å². The summed E-state index contributed by atoms with van der Waals surface area (Å²) in [6.45, 7) is 3.45. The van der Waals surface area contributed by atoms with Gasteiger partial charge in [-0.3, -0.25) is 14.4 Å². The van der Waals surface area contributed by atoms with Crippen molar-refractivity contribution in [2.75, 3.05) is 26.3 Å². The van der Waals surface area contributed by atoms with E-state index in [0.29, 0.717) is 25.3 Å². The number of pyridine rings is 1. The molecule has 0 radical (unpaired) electrons. The van der Waals surface area contributed by atoms with Gasteiger partial charge in [0.1, 0.15) is 6.04 Å². The molecule has 0 spiro atoms. The van der Waals surface area contributed by atoms with E-state index >= 15 is 0 Å². The van der Waals surface area contributed by atoms with E-state index in [9.17, 15) is 14.4 Å². The maximum absolute atomic E-state index is 12.5. The van der Waals surface area contributed by atoms with Crippen LogP contribution in [0.2, 0.25) is 0 Å². The molecule has 7 nitrogen and oxygen atoms in total. The summed E-state index contributed by atoms with van der Waals surface area (Å²) in [6, 6.07) is 2.11. The summed E-state index contributed by atoms with van der Waals surface area (Å²) >= 11 is 0. The third kappa shape index (κ3) is 3.69. The molecule has 1 aromatic rings. The molecule has 1 fully saturated rings. The van der Waals surface area contributed by atoms with Crippen molar-refractivity contribution in [3.63, 3.8) is 0 Å². The van der Waals surface area contributed by atoms with Gasteiger partial charge in [-0.2, -0.15) is 0 Å². The van der Waals surface area contributed by atoms with Crippen LogP contribution >= 0.6 is 0 Å². The first-order chi connectivity index (χ1) is 10.1. The minimum absolute atomic E-state index is 0.185. The minimum atomic E-state index is -0.635. The SMILES string of the molecule is CCCNC(=O)C1COCCN1C(=O)c1ccc(=O)[nH]c1. The molecule has 0 aliphatic carbocycles. The zero-order valence-electron chi connectivity index (χ0n) is 11.9. The first kappa shape index (κ1) is 15.2. The van der Waals surface area contributed by atoms with Crippen molar-refractivity contribution in [3.05, 3.63) is 34.2 Å². The summed E-state index contributed by atoms with van der Waals surface area (Å²) < 4.78 is 5.31. The van der Waals surface area contributed by atoms with Crippen LogP contribution in [0.4, 0.5) is 0 Å². The lowest BCUT2D eigenvalue weighted by atomic mass is 10.1. The number of amides is 2. The molecule has 21 heavy (non-hydrogen) atoms. The van der Waals surface area contributed by atoms with Gasteiger partial charge >= 0.3 is 0 Å². The number of rotatable bonds is 4. The lowest BCUT2D eigenvalue weighted by Gasteiger charge is -2.34. The smallest absolute Gasteiger partial charge is 0.256 e. The molecule has 0 saturated carbocycles. The normalized spacial score (nSPS) is 18.3. The van der Waals surface area contributed by atoms with Crippen LogP contribution in [-0.2, 0) is 9.53 Å². The number of ether oxygens (including phenoxy) is 1. The number of carbonyl (C=O) groups excluding carboxylic acids is 2. The quantitative estimate of drug-likeness (QED) is 0.800. The number of hydrogen-bond donors (Lipinski definition) is 2. The zero-order chi connectivity index (χ0) is 15.2. The van der Waals surface area contributed by atoms with Gasteiger partial charge in [0.2, 0.25) is 11.5 Å². The maximum atomic E-state index is 12.5. The van der Waals surface area contributed by atoms with Crippen LogP contribution in [0.15, 0.2) is 23.1 Å². The highest BCUT2D eigenvalue weighted by molar-refractivity contribution is 5.97. The maximum Gasteiger partial charge on any atom is 0.256 e. The van der Waals surface area contributed by atoms with Gasteiger partial charge in [0.25, 0.3) is 5.91 Å². The molecule has 2 heterocycles. The first-order valence-electron chi connectivity index (χ1n) is 6.98. The molecule has 1 saturated heterocycles. The highest BCUT2D eigenvalue weighted by atomic mass is 16.5. The van der Waals surface area contributed by atoms with Crippen molar-refractivity contribution in [2.24, 2.45) is 0 Å². The Bertz CT molecular complexity index is 549. The Hall–Kier alpha value is -2.15. The standard InChI is InChI=1S/C14H19N3O4/c1-2-5-15-13(19)11-9-21-7-6-17(11)14(20)10-3-4-12(18)16-8-10/h3-4,8,11H,2,5-7,9H2,1H3,(H,15,19)(H,16,18). The number of hydrogen-bond acceptors (Lipinski definition) is 4. The molecule has 1 atom stereocenters. The fourth-order valence-electron chi connectivity index (χ4n) is 2.14. The molecular formula is C14H19N3O4. The number of carbonyl (C=O) groups is 2. The highest BCUT2D eigenvalue weighted by Crippen LogP contribution is 2.12. The van der Waals surface area contributed by atoms with Crippen LogP contribution in [-0.4, -0.2) is 54.0 Å². The molecule has 2 rings (SSSR count). The number of morpholine rings is 1. The average molecular weight is 293 g/mol. The molecule has 0 aromatic carbocycles. The van der Waals surface area contributed by atoms with Crippen molar-refractivity contribution < 1.29 is 14.3 Å². The Balaban J connectivity index is 2.14. The van der Waals surface area contributed by atoms with E-state index in [1.807, 2.05) is 6.92 Å². The van der Waals surface area contributed by atoms with Gasteiger partial charge in [-0.15, -0.1) is 0 Å². The second-order valence-corrected chi connectivity index (χ2v) is 4.82. The van der Waals surface area contributed by atoms with Gasteiger partial charge in [0.15, 0.2) is 0 Å². The van der Waals surface area contributed by atoms with Gasteiger partial charge < -0.3 is 19.9 Å². The van der Waals surface area contributed by atoms with Gasteiger partial charge in [-0.25, -0.2) is 0 Å². The van der Waals surface area contributed by atoms with Crippen LogP contribution in [0.25, 0.3) is 0 Å². The van der Waals surface area contributed by atoms with Crippen molar-refractivity contribution in [1.82, 2.24) is 15.2 Å². The lowest BCUT2D eigenvalue weighted by Crippen LogP contribution is -2.56. The highest BCUT2D eigenvalue weighted by Gasteiger charge is 2.33. The van der Waals surface area contributed by atoms with E-state index in [0.717, 1.165) is 6.42 Å². The van der Waals surface area contributed by atoms with Crippen LogP contribution in [0, 0.1) is 0 Å². The number of H-pyrrole nitrogens is 1. The Morgan fingerprint density at radius 1 is 1.48 bits per heavy atom. The predicted octanol–water partition coefficient (Wildman–Crippen LogP) is -0.258. The van der Waals surface area contributed by atoms with Crippen molar-refractivity contribution in [1.29, 1.82) is 0 Å². The van der Waals surface area contributed by atoms with E-state index in [2.05, 4.69) is 10.3 Å². The van der Waals surface area contributed by atoms with Gasteiger partial charge in [-0.05, 0) is 12.5 Å². The lowest BCUT2D eigenvalue weighted by molar-refractivity contribution is -0.130. The molecule has 2 amide bonds. The van der Waals surface area contributed by atoms with Gasteiger partial charge in [0, 0.05) is 25.4 Å². The van der Waals surface area contributed by atoms with Crippen LogP contribution in [0.1, 0.15) is 23.7 Å². The zero-order valence-corrected chi connectivity index (χ0v) is 11.9. The predicted molar refractivity (Wildman–Crippen MR) is 76.0 cm³/mol. The summed E-state index contributed by atoms with van der Waals surface area (Å²) in [5, 5.41) is 2.78. The van der Waals surface area contributed by atoms with Crippen molar-refractivity contribution >= 4 is 11.8 Å². The van der Waals surface area contributed by atoms with E-state index in [1.165, 1.54) is 23.2 Å². The molecule has 2 N–H and O–H groups in total. The Morgan fingerprint density at radius 3 is 2.95 bits per heavy atom. The third-order valence-corrected chi connectivity index (χ3v) is 3.27. The van der Waals surface area contributed by atoms with Crippen LogP contribution in [0.5, 0.6) is 0 Å². The third-order valence-electron chi connectivity index (χ3n) is 3.27. The van der Waals surface area contributed by atoms with Crippen molar-refractivity contribution in [3.8, 4) is 0 Å². The topological polar surface area (TPSA) is 91.5 Å². The molecular weight excluding hydrogens is 274 g/mol.